The van der Waals surface area contributed by atoms with Crippen molar-refractivity contribution >= 4 is 21.9 Å². The number of anilines is 1. The Morgan fingerprint density at radius 2 is 1.80 bits per heavy atom. The normalized spacial score (nSPS) is 11.2. The van der Waals surface area contributed by atoms with Crippen LogP contribution in [0.1, 0.15) is 5.69 Å². The van der Waals surface area contributed by atoms with Gasteiger partial charge in [0.05, 0.1) is 0 Å². The third kappa shape index (κ3) is 3.58. The highest BCUT2D eigenvalue weighted by molar-refractivity contribution is 9.10. The number of nitrogens with one attached hydrogen (secondary N) is 1. The minimum atomic E-state index is -4.62. The summed E-state index contributed by atoms with van der Waals surface area (Å²) in [5.41, 5.74) is 0.819. The number of rotatable bonds is 3. The van der Waals surface area contributed by atoms with Crippen LogP contribution in [0, 0.1) is 0 Å². The van der Waals surface area contributed by atoms with E-state index in [4.69, 9.17) is 10.6 Å². The smallest absolute Gasteiger partial charge is 0.433 e. The van der Waals surface area contributed by atoms with E-state index in [0.717, 1.165) is 4.47 Å². The molecule has 3 N–H and O–H groups in total. The molecule has 2 aromatic rings. The molecule has 0 atom stereocenters. The largest absolute Gasteiger partial charge is 0.439 e. The van der Waals surface area contributed by atoms with Crippen molar-refractivity contribution in [2.75, 3.05) is 5.43 Å². The van der Waals surface area contributed by atoms with Crippen LogP contribution < -0.4 is 16.0 Å². The van der Waals surface area contributed by atoms with Gasteiger partial charge in [0.25, 0.3) is 0 Å². The summed E-state index contributed by atoms with van der Waals surface area (Å²) >= 11 is 3.23. The monoisotopic (exact) mass is 348 g/mol. The first-order valence-corrected chi connectivity index (χ1v) is 6.04. The molecule has 0 amide bonds. The molecule has 0 unspecified atom stereocenters. The van der Waals surface area contributed by atoms with Crippen LogP contribution in [0.4, 0.5) is 19.1 Å². The number of nitrogen functional groups attached to an aromatic ring is 1. The summed E-state index contributed by atoms with van der Waals surface area (Å²) in [4.78, 5) is 6.92. The van der Waals surface area contributed by atoms with E-state index < -0.39 is 11.9 Å². The fourth-order valence-electron chi connectivity index (χ4n) is 1.31. The Morgan fingerprint density at radius 3 is 2.35 bits per heavy atom. The fourth-order valence-corrected chi connectivity index (χ4v) is 1.57. The lowest BCUT2D eigenvalue weighted by Crippen LogP contribution is -2.15. The average Bonchev–Trinajstić information content (AvgIpc) is 2.40. The summed E-state index contributed by atoms with van der Waals surface area (Å²) in [6, 6.07) is 7.22. The number of alkyl halides is 3. The minimum absolute atomic E-state index is 0.261. The molecule has 0 radical (unpaired) electrons. The van der Waals surface area contributed by atoms with E-state index >= 15 is 0 Å². The van der Waals surface area contributed by atoms with Crippen molar-refractivity contribution in [3.63, 3.8) is 0 Å². The Bertz CT molecular complexity index is 604. The van der Waals surface area contributed by atoms with Crippen molar-refractivity contribution in [1.29, 1.82) is 0 Å². The highest BCUT2D eigenvalue weighted by Gasteiger charge is 2.34. The molecule has 20 heavy (non-hydrogen) atoms. The lowest BCUT2D eigenvalue weighted by molar-refractivity contribution is -0.141. The Kier molecular flexibility index (Phi) is 4.09. The number of nitrogens with two attached hydrogens (primary N) is 1. The van der Waals surface area contributed by atoms with E-state index in [1.165, 1.54) is 0 Å². The van der Waals surface area contributed by atoms with E-state index in [1.54, 1.807) is 24.3 Å². The highest BCUT2D eigenvalue weighted by atomic mass is 79.9. The van der Waals surface area contributed by atoms with Crippen molar-refractivity contribution in [1.82, 2.24) is 9.97 Å². The maximum absolute atomic E-state index is 12.7. The van der Waals surface area contributed by atoms with Crippen LogP contribution in [-0.4, -0.2) is 9.97 Å². The van der Waals surface area contributed by atoms with Gasteiger partial charge >= 0.3 is 6.18 Å². The van der Waals surface area contributed by atoms with E-state index in [0.29, 0.717) is 11.8 Å². The first kappa shape index (κ1) is 14.5. The van der Waals surface area contributed by atoms with E-state index in [-0.39, 0.29) is 11.8 Å². The molecule has 5 nitrogen and oxygen atoms in total. The Hall–Kier alpha value is -1.87. The van der Waals surface area contributed by atoms with Crippen LogP contribution >= 0.6 is 15.9 Å². The molecule has 0 aliphatic heterocycles. The van der Waals surface area contributed by atoms with Crippen LogP contribution in [0.25, 0.3) is 0 Å². The molecule has 0 saturated heterocycles. The predicted molar refractivity (Wildman–Crippen MR) is 69.1 cm³/mol. The molecule has 1 aromatic heterocycles. The fraction of sp³-hybridized carbons (Fsp3) is 0.0909. The van der Waals surface area contributed by atoms with Crippen LogP contribution in [0.5, 0.6) is 11.6 Å². The number of ether oxygens (including phenoxy) is 1. The molecule has 0 fully saturated rings. The third-order valence-corrected chi connectivity index (χ3v) is 2.69. The van der Waals surface area contributed by atoms with Crippen molar-refractivity contribution in [3.8, 4) is 11.6 Å². The first-order chi connectivity index (χ1) is 9.38. The standard InChI is InChI=1S/C11H8BrF3N4O/c12-6-1-3-7(4-2-6)20-9-5-8(11(13,14)15)17-10(18-9)19-16/h1-5H,16H2,(H,17,18,19). The minimum Gasteiger partial charge on any atom is -0.439 e. The summed E-state index contributed by atoms with van der Waals surface area (Å²) < 4.78 is 44.0. The second-order valence-corrected chi connectivity index (χ2v) is 4.53. The zero-order chi connectivity index (χ0) is 14.8. The second-order valence-electron chi connectivity index (χ2n) is 3.61. The SMILES string of the molecule is NNc1nc(Oc2ccc(Br)cc2)cc(C(F)(F)F)n1. The van der Waals surface area contributed by atoms with Gasteiger partial charge in [-0.2, -0.15) is 18.2 Å². The van der Waals surface area contributed by atoms with E-state index in [9.17, 15) is 13.2 Å². The molecule has 0 aliphatic carbocycles. The van der Waals surface area contributed by atoms with Crippen LogP contribution in [0.15, 0.2) is 34.8 Å². The van der Waals surface area contributed by atoms with Gasteiger partial charge < -0.3 is 4.74 Å². The van der Waals surface area contributed by atoms with Gasteiger partial charge in [0.15, 0.2) is 5.69 Å². The number of hydrogen-bond acceptors (Lipinski definition) is 5. The number of hydrogen-bond donors (Lipinski definition) is 2. The molecule has 1 aromatic carbocycles. The quantitative estimate of drug-likeness (QED) is 0.657. The maximum Gasteiger partial charge on any atom is 0.433 e. The summed E-state index contributed by atoms with van der Waals surface area (Å²) in [6.07, 6.45) is -4.62. The topological polar surface area (TPSA) is 73.1 Å². The molecule has 2 rings (SSSR count). The summed E-state index contributed by atoms with van der Waals surface area (Å²) in [5, 5.41) is 0. The predicted octanol–water partition coefficient (Wildman–Crippen LogP) is 3.34. The van der Waals surface area contributed by atoms with Crippen LogP contribution in [-0.2, 0) is 6.18 Å². The number of halogens is 4. The molecule has 0 saturated carbocycles. The van der Waals surface area contributed by atoms with Crippen LogP contribution in [0.2, 0.25) is 0 Å². The van der Waals surface area contributed by atoms with Gasteiger partial charge in [-0.05, 0) is 24.3 Å². The van der Waals surface area contributed by atoms with Gasteiger partial charge in [0.2, 0.25) is 11.8 Å². The van der Waals surface area contributed by atoms with Gasteiger partial charge in [-0.15, -0.1) is 0 Å². The van der Waals surface area contributed by atoms with Gasteiger partial charge in [-0.25, -0.2) is 10.8 Å². The molecular formula is C11H8BrF3N4O. The summed E-state index contributed by atoms with van der Waals surface area (Å²) in [5.74, 6) is 4.73. The molecular weight excluding hydrogens is 341 g/mol. The lowest BCUT2D eigenvalue weighted by Gasteiger charge is -2.10. The Balaban J connectivity index is 2.33. The van der Waals surface area contributed by atoms with Crippen molar-refractivity contribution in [3.05, 3.63) is 40.5 Å². The van der Waals surface area contributed by atoms with Gasteiger partial charge in [0.1, 0.15) is 5.75 Å². The maximum atomic E-state index is 12.7. The van der Waals surface area contributed by atoms with Crippen molar-refractivity contribution in [2.45, 2.75) is 6.18 Å². The van der Waals surface area contributed by atoms with Crippen molar-refractivity contribution in [2.24, 2.45) is 5.84 Å². The zero-order valence-corrected chi connectivity index (χ0v) is 11.4. The van der Waals surface area contributed by atoms with Gasteiger partial charge in [-0.1, -0.05) is 15.9 Å². The zero-order valence-electron chi connectivity index (χ0n) is 9.78. The molecule has 9 heteroatoms. The van der Waals surface area contributed by atoms with E-state index in [1.807, 2.05) is 5.43 Å². The second kappa shape index (κ2) is 5.63. The molecule has 0 aliphatic rings. The Labute approximate surface area is 120 Å². The van der Waals surface area contributed by atoms with Crippen LogP contribution in [0.3, 0.4) is 0 Å². The van der Waals surface area contributed by atoms with Crippen molar-refractivity contribution < 1.29 is 17.9 Å². The summed E-state index contributed by atoms with van der Waals surface area (Å²) in [7, 11) is 0. The van der Waals surface area contributed by atoms with Gasteiger partial charge in [0, 0.05) is 10.5 Å². The molecule has 0 bridgehead atoms. The molecule has 1 heterocycles. The molecule has 106 valence electrons. The summed E-state index contributed by atoms with van der Waals surface area (Å²) in [6.45, 7) is 0. The number of benzene rings is 1. The first-order valence-electron chi connectivity index (χ1n) is 5.25. The number of hydrazine groups is 1. The number of nitrogens with zero attached hydrogens (tertiary/aromatic N) is 2. The lowest BCUT2D eigenvalue weighted by atomic mass is 10.3. The average molecular weight is 349 g/mol. The number of aromatic nitrogens is 2. The van der Waals surface area contributed by atoms with Gasteiger partial charge in [-0.3, -0.25) is 5.43 Å². The Morgan fingerprint density at radius 1 is 1.15 bits per heavy atom. The third-order valence-electron chi connectivity index (χ3n) is 2.16. The highest BCUT2D eigenvalue weighted by Crippen LogP contribution is 2.31. The van der Waals surface area contributed by atoms with E-state index in [2.05, 4.69) is 25.9 Å². The molecule has 0 spiro atoms.